The minimum atomic E-state index is 0.250. The Morgan fingerprint density at radius 2 is 1.63 bits per heavy atom. The minimum Gasteiger partial charge on any atom is -0.372 e. The molecule has 4 aromatic rings. The molecule has 7 heteroatoms. The van der Waals surface area contributed by atoms with Gasteiger partial charge in [-0.1, -0.05) is 93.1 Å². The molecule has 1 aliphatic carbocycles. The summed E-state index contributed by atoms with van der Waals surface area (Å²) in [5.74, 6) is 0.958. The van der Waals surface area contributed by atoms with Crippen LogP contribution in [-0.2, 0) is 11.2 Å². The fourth-order valence-electron chi connectivity index (χ4n) is 3.78. The highest BCUT2D eigenvalue weighted by atomic mass is 79.9. The molecule has 1 amide bonds. The van der Waals surface area contributed by atoms with Crippen molar-refractivity contribution >= 4 is 33.8 Å². The zero-order valence-electron chi connectivity index (χ0n) is 23.4. The predicted molar refractivity (Wildman–Crippen MR) is 164 cm³/mol. The van der Waals surface area contributed by atoms with Crippen molar-refractivity contribution in [2.45, 2.75) is 73.1 Å². The number of amides is 1. The maximum atomic E-state index is 8.58. The Morgan fingerprint density at radius 3 is 2.21 bits per heavy atom. The van der Waals surface area contributed by atoms with Gasteiger partial charge in [0.25, 0.3) is 0 Å². The number of halogens is 1. The molecule has 0 aliphatic heterocycles. The van der Waals surface area contributed by atoms with Crippen molar-refractivity contribution in [2.75, 3.05) is 11.9 Å². The van der Waals surface area contributed by atoms with Crippen molar-refractivity contribution < 1.29 is 4.79 Å². The quantitative estimate of drug-likeness (QED) is 0.180. The number of carbonyl (C=O) groups excluding carboxylic acids is 1. The molecule has 0 saturated heterocycles. The number of nitrogens with zero attached hydrogens (tertiary/aromatic N) is 3. The molecule has 0 unspecified atom stereocenters. The van der Waals surface area contributed by atoms with Crippen LogP contribution in [0.1, 0.15) is 68.2 Å². The lowest BCUT2D eigenvalue weighted by molar-refractivity contribution is -0.106. The summed E-state index contributed by atoms with van der Waals surface area (Å²) in [6.07, 6.45) is 9.90. The van der Waals surface area contributed by atoms with E-state index in [0.717, 1.165) is 46.6 Å². The van der Waals surface area contributed by atoms with Crippen LogP contribution in [-0.4, -0.2) is 27.6 Å². The van der Waals surface area contributed by atoms with Crippen molar-refractivity contribution in [3.8, 4) is 11.3 Å². The number of fused-ring (bicyclic) bond motifs is 1. The molecular formula is C31H42BrN5O. The van der Waals surface area contributed by atoms with Crippen LogP contribution >= 0.6 is 15.9 Å². The number of aromatic nitrogens is 3. The second kappa shape index (κ2) is 16.6. The standard InChI is InChI=1S/C24H25BrN4.C3H6.C3H8.CH3NO/c1-16-11-17(2)13-19(12-16)8-6-10-26-23-14-22(20-9-5-4-7-18(20)3)28-24-21(25)15-27-29(23)24;1-2-3-1;1-3-2;2-1-3/h4-5,7,9,11-15,26H,6,8,10H2,1-3H3;1-3H2;3H2,1-2H3;1H,(H2,2,3). The first-order valence-corrected chi connectivity index (χ1v) is 14.2. The number of nitrogens with one attached hydrogen (secondary N) is 1. The molecule has 0 bridgehead atoms. The highest BCUT2D eigenvalue weighted by molar-refractivity contribution is 9.10. The summed E-state index contributed by atoms with van der Waals surface area (Å²) in [5, 5.41) is 8.05. The molecule has 0 radical (unpaired) electrons. The van der Waals surface area contributed by atoms with Gasteiger partial charge in [0.2, 0.25) is 6.41 Å². The SMILES string of the molecule is C1CC1.CCC.Cc1cc(C)cc(CCCNc2cc(-c3ccccc3C)nc3c(Br)cnn23)c1.NC=O. The van der Waals surface area contributed by atoms with E-state index in [9.17, 15) is 0 Å². The third-order valence-electron chi connectivity index (χ3n) is 5.43. The summed E-state index contributed by atoms with van der Waals surface area (Å²) in [4.78, 5) is 13.4. The molecule has 204 valence electrons. The second-order valence-electron chi connectivity index (χ2n) is 9.50. The van der Waals surface area contributed by atoms with Crippen LogP contribution in [0, 0.1) is 20.8 Å². The molecule has 2 aromatic heterocycles. The zero-order chi connectivity index (χ0) is 27.9. The maximum absolute atomic E-state index is 8.58. The average molecular weight is 581 g/mol. The molecule has 1 saturated carbocycles. The van der Waals surface area contributed by atoms with E-state index in [0.29, 0.717) is 0 Å². The molecule has 2 aromatic carbocycles. The van der Waals surface area contributed by atoms with Gasteiger partial charge in [-0.05, 0) is 60.7 Å². The van der Waals surface area contributed by atoms with Crippen molar-refractivity contribution in [3.05, 3.63) is 81.5 Å². The van der Waals surface area contributed by atoms with Crippen LogP contribution in [0.5, 0.6) is 0 Å². The summed E-state index contributed by atoms with van der Waals surface area (Å²) in [7, 11) is 0. The van der Waals surface area contributed by atoms with Crippen LogP contribution in [0.4, 0.5) is 5.82 Å². The van der Waals surface area contributed by atoms with Crippen LogP contribution in [0.3, 0.4) is 0 Å². The Hall–Kier alpha value is -3.19. The number of carbonyl (C=O) groups is 1. The van der Waals surface area contributed by atoms with Crippen molar-refractivity contribution in [3.63, 3.8) is 0 Å². The van der Waals surface area contributed by atoms with Crippen LogP contribution in [0.25, 0.3) is 16.9 Å². The van der Waals surface area contributed by atoms with Crippen LogP contribution in [0.15, 0.2) is 59.2 Å². The molecule has 5 rings (SSSR count). The molecule has 3 N–H and O–H groups in total. The van der Waals surface area contributed by atoms with Gasteiger partial charge in [-0.3, -0.25) is 4.79 Å². The van der Waals surface area contributed by atoms with E-state index >= 15 is 0 Å². The average Bonchev–Trinajstić information content (AvgIpc) is 3.71. The number of hydrogen-bond acceptors (Lipinski definition) is 4. The Balaban J connectivity index is 0.000000488. The third-order valence-corrected chi connectivity index (χ3v) is 5.99. The van der Waals surface area contributed by atoms with Crippen molar-refractivity contribution in [1.82, 2.24) is 14.6 Å². The molecule has 0 spiro atoms. The van der Waals surface area contributed by atoms with Gasteiger partial charge in [0.05, 0.1) is 16.4 Å². The largest absolute Gasteiger partial charge is 0.372 e. The highest BCUT2D eigenvalue weighted by Crippen LogP contribution is 2.27. The Labute approximate surface area is 236 Å². The third kappa shape index (κ3) is 10.3. The first kappa shape index (κ1) is 31.0. The van der Waals surface area contributed by atoms with Crippen molar-refractivity contribution in [1.29, 1.82) is 0 Å². The lowest BCUT2D eigenvalue weighted by atomic mass is 10.0. The predicted octanol–water partition coefficient (Wildman–Crippen LogP) is 7.82. The smallest absolute Gasteiger partial charge is 0.204 e. The lowest BCUT2D eigenvalue weighted by Gasteiger charge is -2.12. The maximum Gasteiger partial charge on any atom is 0.204 e. The Kier molecular flexibility index (Phi) is 13.6. The van der Waals surface area contributed by atoms with E-state index in [4.69, 9.17) is 9.78 Å². The summed E-state index contributed by atoms with van der Waals surface area (Å²) in [6.45, 7) is 11.6. The number of aryl methyl sites for hydroxylation is 4. The van der Waals surface area contributed by atoms with Crippen molar-refractivity contribution in [2.24, 2.45) is 5.73 Å². The van der Waals surface area contributed by atoms with E-state index in [2.05, 4.69) is 115 Å². The molecular weight excluding hydrogens is 538 g/mol. The molecule has 6 nitrogen and oxygen atoms in total. The number of primary amides is 1. The number of nitrogens with two attached hydrogens (primary N) is 1. The minimum absolute atomic E-state index is 0.250. The van der Waals surface area contributed by atoms with E-state index in [1.165, 1.54) is 47.9 Å². The number of anilines is 1. The lowest BCUT2D eigenvalue weighted by Crippen LogP contribution is -2.09. The first-order valence-electron chi connectivity index (χ1n) is 13.4. The summed E-state index contributed by atoms with van der Waals surface area (Å²) in [5.41, 5.74) is 12.3. The molecule has 1 aliphatic rings. The summed E-state index contributed by atoms with van der Waals surface area (Å²) in [6, 6.07) is 17.2. The number of hydrogen-bond donors (Lipinski definition) is 2. The molecule has 2 heterocycles. The summed E-state index contributed by atoms with van der Waals surface area (Å²) < 4.78 is 2.76. The van der Waals surface area contributed by atoms with Crippen LogP contribution in [0.2, 0.25) is 0 Å². The van der Waals surface area contributed by atoms with Gasteiger partial charge in [-0.15, -0.1) is 0 Å². The fourth-order valence-corrected chi connectivity index (χ4v) is 4.13. The second-order valence-corrected chi connectivity index (χ2v) is 10.4. The number of benzene rings is 2. The van der Waals surface area contributed by atoms with Gasteiger partial charge in [-0.2, -0.15) is 9.61 Å². The van der Waals surface area contributed by atoms with E-state index < -0.39 is 0 Å². The Bertz CT molecular complexity index is 1260. The van der Waals surface area contributed by atoms with E-state index in [1.807, 2.05) is 4.52 Å². The van der Waals surface area contributed by atoms with Gasteiger partial charge in [0, 0.05) is 18.2 Å². The van der Waals surface area contributed by atoms with Gasteiger partial charge < -0.3 is 11.1 Å². The van der Waals surface area contributed by atoms with E-state index in [1.54, 1.807) is 6.20 Å². The Morgan fingerprint density at radius 1 is 1.03 bits per heavy atom. The monoisotopic (exact) mass is 579 g/mol. The summed E-state index contributed by atoms with van der Waals surface area (Å²) >= 11 is 3.58. The van der Waals surface area contributed by atoms with Gasteiger partial charge in [-0.25, -0.2) is 4.98 Å². The fraction of sp³-hybridized carbons (Fsp3) is 0.387. The molecule has 0 atom stereocenters. The first-order chi connectivity index (χ1) is 18.3. The zero-order valence-corrected chi connectivity index (χ0v) is 25.0. The van der Waals surface area contributed by atoms with E-state index in [-0.39, 0.29) is 6.41 Å². The van der Waals surface area contributed by atoms with Crippen LogP contribution < -0.4 is 11.1 Å². The van der Waals surface area contributed by atoms with Gasteiger partial charge in [0.15, 0.2) is 5.65 Å². The highest BCUT2D eigenvalue weighted by Gasteiger charge is 2.12. The normalized spacial score (nSPS) is 11.2. The molecule has 38 heavy (non-hydrogen) atoms. The van der Waals surface area contributed by atoms with Gasteiger partial charge in [0.1, 0.15) is 5.82 Å². The molecule has 1 fully saturated rings. The number of rotatable bonds is 6. The van der Waals surface area contributed by atoms with Gasteiger partial charge >= 0.3 is 0 Å². The topological polar surface area (TPSA) is 85.3 Å².